The lowest BCUT2D eigenvalue weighted by molar-refractivity contribution is -0.00734. The maximum Gasteiger partial charge on any atom is 0.0104 e. The molecule has 1 nitrogen and oxygen atoms in total. The summed E-state index contributed by atoms with van der Waals surface area (Å²) in [6.07, 6.45) is 22.9. The lowest BCUT2D eigenvalue weighted by Crippen LogP contribution is -2.53. The summed E-state index contributed by atoms with van der Waals surface area (Å²) in [5.41, 5.74) is 0. The summed E-state index contributed by atoms with van der Waals surface area (Å²) in [4.78, 5) is 3.21. The summed E-state index contributed by atoms with van der Waals surface area (Å²) in [6.45, 7) is 7.52. The Labute approximate surface area is 181 Å². The van der Waals surface area contributed by atoms with Gasteiger partial charge in [-0.1, -0.05) is 27.2 Å². The van der Waals surface area contributed by atoms with Crippen molar-refractivity contribution in [3.05, 3.63) is 0 Å². The van der Waals surface area contributed by atoms with Crippen LogP contribution in [0.15, 0.2) is 0 Å². The van der Waals surface area contributed by atoms with Gasteiger partial charge in [-0.3, -0.25) is 4.90 Å². The Balaban J connectivity index is 1.29. The van der Waals surface area contributed by atoms with Crippen molar-refractivity contribution < 1.29 is 0 Å². The first kappa shape index (κ1) is 20.8. The van der Waals surface area contributed by atoms with E-state index < -0.39 is 0 Å². The molecular weight excluding hydrogens is 350 g/mol. The van der Waals surface area contributed by atoms with Crippen molar-refractivity contribution in [3.63, 3.8) is 0 Å². The van der Waals surface area contributed by atoms with Crippen LogP contribution in [-0.2, 0) is 0 Å². The van der Waals surface area contributed by atoms with Crippen LogP contribution in [0.1, 0.15) is 117 Å². The van der Waals surface area contributed by atoms with E-state index in [0.717, 1.165) is 59.6 Å². The van der Waals surface area contributed by atoms with Gasteiger partial charge >= 0.3 is 0 Å². The van der Waals surface area contributed by atoms with Crippen LogP contribution in [0, 0.1) is 41.4 Å². The molecule has 0 aromatic rings. The Morgan fingerprint density at radius 1 is 0.414 bits per heavy atom. The first-order chi connectivity index (χ1) is 14.1. The predicted molar refractivity (Wildman–Crippen MR) is 124 cm³/mol. The van der Waals surface area contributed by atoms with Gasteiger partial charge in [0.2, 0.25) is 0 Å². The van der Waals surface area contributed by atoms with E-state index in [-0.39, 0.29) is 0 Å². The van der Waals surface area contributed by atoms with E-state index in [1.807, 2.05) is 0 Å². The van der Waals surface area contributed by atoms with Gasteiger partial charge < -0.3 is 0 Å². The molecule has 5 saturated carbocycles. The molecule has 0 saturated heterocycles. The van der Waals surface area contributed by atoms with E-state index in [9.17, 15) is 0 Å². The van der Waals surface area contributed by atoms with Crippen LogP contribution < -0.4 is 0 Å². The fourth-order valence-electron chi connectivity index (χ4n) is 9.09. The molecule has 5 rings (SSSR count). The summed E-state index contributed by atoms with van der Waals surface area (Å²) in [7, 11) is 0. The van der Waals surface area contributed by atoms with Crippen LogP contribution in [0.4, 0.5) is 0 Å². The fourth-order valence-corrected chi connectivity index (χ4v) is 9.09. The summed E-state index contributed by atoms with van der Waals surface area (Å²) in [6, 6.07) is 2.79. The molecule has 0 N–H and O–H groups in total. The molecule has 5 aliphatic carbocycles. The van der Waals surface area contributed by atoms with Gasteiger partial charge in [0.05, 0.1) is 0 Å². The van der Waals surface area contributed by atoms with Crippen LogP contribution >= 0.6 is 0 Å². The van der Waals surface area contributed by atoms with Crippen LogP contribution in [0.2, 0.25) is 0 Å². The minimum Gasteiger partial charge on any atom is -0.294 e. The minimum absolute atomic E-state index is 0.926. The number of hydrogen-bond donors (Lipinski definition) is 0. The molecule has 29 heavy (non-hydrogen) atoms. The highest BCUT2D eigenvalue weighted by molar-refractivity contribution is 5.00. The third-order valence-electron chi connectivity index (χ3n) is 10.7. The lowest BCUT2D eigenvalue weighted by atomic mass is 9.70. The van der Waals surface area contributed by atoms with Gasteiger partial charge in [0, 0.05) is 18.1 Å². The van der Waals surface area contributed by atoms with Crippen LogP contribution in [-0.4, -0.2) is 23.0 Å². The quantitative estimate of drug-likeness (QED) is 0.470. The SMILES string of the molecule is CC1CCC(N(C2CCC(C)CC2)C2CCC3C(CC4CC(C)CCC43)C2)CC1. The summed E-state index contributed by atoms with van der Waals surface area (Å²) in [5, 5.41) is 0. The number of hydrogen-bond acceptors (Lipinski definition) is 1. The molecule has 0 spiro atoms. The average Bonchev–Trinajstić information content (AvgIpc) is 3.07. The smallest absolute Gasteiger partial charge is 0.0104 e. The highest BCUT2D eigenvalue weighted by atomic mass is 15.2. The highest BCUT2D eigenvalue weighted by Gasteiger charge is 2.49. The minimum atomic E-state index is 0.926. The molecule has 5 fully saturated rings. The van der Waals surface area contributed by atoms with Gasteiger partial charge in [-0.05, 0) is 131 Å². The lowest BCUT2D eigenvalue weighted by Gasteiger charge is -2.50. The van der Waals surface area contributed by atoms with Crippen molar-refractivity contribution in [2.45, 2.75) is 135 Å². The topological polar surface area (TPSA) is 3.24 Å². The van der Waals surface area contributed by atoms with E-state index in [1.165, 1.54) is 64.2 Å². The van der Waals surface area contributed by atoms with E-state index in [1.54, 1.807) is 32.1 Å². The van der Waals surface area contributed by atoms with E-state index in [0.29, 0.717) is 0 Å². The molecule has 0 aliphatic heterocycles. The molecule has 0 amide bonds. The first-order valence-corrected chi connectivity index (χ1v) is 13.9. The summed E-state index contributed by atoms with van der Waals surface area (Å²) in [5.74, 6) is 7.40. The van der Waals surface area contributed by atoms with Crippen molar-refractivity contribution >= 4 is 0 Å². The molecule has 166 valence electrons. The normalized spacial score (nSPS) is 50.9. The summed E-state index contributed by atoms with van der Waals surface area (Å²) >= 11 is 0. The second-order valence-corrected chi connectivity index (χ2v) is 12.7. The van der Waals surface area contributed by atoms with Crippen molar-refractivity contribution in [3.8, 4) is 0 Å². The third-order valence-corrected chi connectivity index (χ3v) is 10.7. The Hall–Kier alpha value is -0.0400. The van der Waals surface area contributed by atoms with E-state index in [4.69, 9.17) is 0 Å². The predicted octanol–water partition coefficient (Wildman–Crippen LogP) is 7.69. The van der Waals surface area contributed by atoms with Gasteiger partial charge in [0.1, 0.15) is 0 Å². The van der Waals surface area contributed by atoms with Gasteiger partial charge in [0.15, 0.2) is 0 Å². The van der Waals surface area contributed by atoms with Gasteiger partial charge in [-0.25, -0.2) is 0 Å². The zero-order valence-electron chi connectivity index (χ0n) is 19.8. The molecule has 0 aromatic carbocycles. The maximum atomic E-state index is 3.21. The summed E-state index contributed by atoms with van der Waals surface area (Å²) < 4.78 is 0. The van der Waals surface area contributed by atoms with E-state index in [2.05, 4.69) is 25.7 Å². The number of nitrogens with zero attached hydrogens (tertiary/aromatic N) is 1. The van der Waals surface area contributed by atoms with E-state index >= 15 is 0 Å². The Bertz CT molecular complexity index is 504. The van der Waals surface area contributed by atoms with Crippen LogP contribution in [0.3, 0.4) is 0 Å². The zero-order chi connectivity index (χ0) is 20.0. The first-order valence-electron chi connectivity index (χ1n) is 13.9. The molecule has 0 heterocycles. The fraction of sp³-hybridized carbons (Fsp3) is 1.00. The van der Waals surface area contributed by atoms with Crippen molar-refractivity contribution in [2.24, 2.45) is 41.4 Å². The van der Waals surface area contributed by atoms with Crippen LogP contribution in [0.5, 0.6) is 0 Å². The second kappa shape index (κ2) is 8.84. The number of rotatable bonds is 3. The molecule has 0 aromatic heterocycles. The maximum absolute atomic E-state index is 3.21. The Kier molecular flexibility index (Phi) is 6.35. The standard InChI is InChI=1S/C28H49N/c1-19-4-9-24(10-5-19)29(25-11-6-20(2)7-12-25)26-13-15-28-23(18-26)17-22-16-21(3)8-14-27(22)28/h19-28H,4-18H2,1-3H3. The monoisotopic (exact) mass is 399 g/mol. The molecule has 5 aliphatic rings. The third kappa shape index (κ3) is 4.33. The van der Waals surface area contributed by atoms with Crippen molar-refractivity contribution in [1.82, 2.24) is 4.90 Å². The van der Waals surface area contributed by atoms with Gasteiger partial charge in [0.25, 0.3) is 0 Å². The van der Waals surface area contributed by atoms with Gasteiger partial charge in [-0.2, -0.15) is 0 Å². The molecule has 0 bridgehead atoms. The average molecular weight is 400 g/mol. The molecule has 6 unspecified atom stereocenters. The van der Waals surface area contributed by atoms with Crippen molar-refractivity contribution in [2.75, 3.05) is 0 Å². The van der Waals surface area contributed by atoms with Crippen LogP contribution in [0.25, 0.3) is 0 Å². The van der Waals surface area contributed by atoms with Crippen molar-refractivity contribution in [1.29, 1.82) is 0 Å². The Morgan fingerprint density at radius 3 is 1.45 bits per heavy atom. The zero-order valence-corrected chi connectivity index (χ0v) is 19.8. The molecule has 1 heteroatoms. The molecule has 0 radical (unpaired) electrons. The van der Waals surface area contributed by atoms with Gasteiger partial charge in [-0.15, -0.1) is 0 Å². The highest BCUT2D eigenvalue weighted by Crippen LogP contribution is 2.56. The largest absolute Gasteiger partial charge is 0.294 e. The molecular formula is C28H49N. The Morgan fingerprint density at radius 2 is 0.862 bits per heavy atom. The molecule has 6 atom stereocenters. The number of fused-ring (bicyclic) bond motifs is 3. The second-order valence-electron chi connectivity index (χ2n) is 12.7.